The van der Waals surface area contributed by atoms with Crippen molar-refractivity contribution in [2.75, 3.05) is 13.2 Å². The molecule has 0 aromatic rings. The Morgan fingerprint density at radius 3 is 0.963 bits per heavy atom. The molecule has 482 valence electrons. The van der Waals surface area contributed by atoms with E-state index in [-0.39, 0.29) is 18.5 Å². The normalized spacial score (nSPS) is 12.8. The van der Waals surface area contributed by atoms with Gasteiger partial charge < -0.3 is 20.3 Å². The van der Waals surface area contributed by atoms with Crippen molar-refractivity contribution in [2.45, 2.75) is 411 Å². The van der Waals surface area contributed by atoms with E-state index in [4.69, 9.17) is 4.74 Å². The van der Waals surface area contributed by atoms with Gasteiger partial charge in [-0.25, -0.2) is 0 Å². The Hall–Kier alpha value is -2.18. The van der Waals surface area contributed by atoms with Gasteiger partial charge >= 0.3 is 5.97 Å². The minimum Gasteiger partial charge on any atom is -0.466 e. The van der Waals surface area contributed by atoms with E-state index < -0.39 is 12.1 Å². The number of hydrogen-bond acceptors (Lipinski definition) is 5. The number of aliphatic hydroxyl groups excluding tert-OH is 2. The van der Waals surface area contributed by atoms with Gasteiger partial charge in [0.2, 0.25) is 5.91 Å². The van der Waals surface area contributed by atoms with Gasteiger partial charge in [0, 0.05) is 12.8 Å². The average molecular weight is 1150 g/mol. The van der Waals surface area contributed by atoms with E-state index in [1.54, 1.807) is 6.08 Å². The summed E-state index contributed by atoms with van der Waals surface area (Å²) in [6.07, 6.45) is 93.4. The minimum absolute atomic E-state index is 0.0127. The number of aliphatic hydroxyl groups is 2. The van der Waals surface area contributed by atoms with Crippen LogP contribution in [0.4, 0.5) is 0 Å². The Kier molecular flexibility index (Phi) is 69.4. The molecule has 0 saturated carbocycles. The maximum Gasteiger partial charge on any atom is 0.305 e. The molecule has 0 spiro atoms. The third-order valence-electron chi connectivity index (χ3n) is 17.1. The summed E-state index contributed by atoms with van der Waals surface area (Å²) in [6, 6.07) is -0.628. The van der Waals surface area contributed by atoms with Crippen molar-refractivity contribution in [1.29, 1.82) is 0 Å². The lowest BCUT2D eigenvalue weighted by Gasteiger charge is -2.20. The summed E-state index contributed by atoms with van der Waals surface area (Å²) in [4.78, 5) is 24.6. The van der Waals surface area contributed by atoms with Gasteiger partial charge in [0.1, 0.15) is 0 Å². The van der Waals surface area contributed by atoms with Crippen LogP contribution in [-0.2, 0) is 14.3 Å². The van der Waals surface area contributed by atoms with Crippen LogP contribution in [0.3, 0.4) is 0 Å². The molecule has 0 aliphatic heterocycles. The number of carbonyl (C=O) groups is 2. The number of nitrogens with one attached hydrogen (secondary N) is 1. The lowest BCUT2D eigenvalue weighted by atomic mass is 10.0. The fraction of sp³-hybridized carbons (Fsp3) is 0.868. The topological polar surface area (TPSA) is 95.9 Å². The monoisotopic (exact) mass is 1150 g/mol. The number of unbranched alkanes of at least 4 members (excludes halogenated alkanes) is 52. The molecule has 0 aromatic carbocycles. The molecule has 0 fully saturated rings. The molecule has 2 unspecified atom stereocenters. The van der Waals surface area contributed by atoms with Crippen molar-refractivity contribution in [3.8, 4) is 0 Å². The Morgan fingerprint density at radius 2 is 0.610 bits per heavy atom. The summed E-state index contributed by atoms with van der Waals surface area (Å²) < 4.78 is 5.51. The van der Waals surface area contributed by atoms with Crippen LogP contribution in [0.2, 0.25) is 0 Å². The summed E-state index contributed by atoms with van der Waals surface area (Å²) in [5, 5.41) is 23.2. The van der Waals surface area contributed by atoms with E-state index in [9.17, 15) is 19.8 Å². The molecule has 6 nitrogen and oxygen atoms in total. The second kappa shape index (κ2) is 71.3. The number of carbonyl (C=O) groups excluding carboxylic acids is 2. The van der Waals surface area contributed by atoms with Crippen molar-refractivity contribution in [1.82, 2.24) is 5.32 Å². The molecular formula is C76H143NO5. The molecule has 0 aliphatic rings. The first-order chi connectivity index (χ1) is 40.5. The van der Waals surface area contributed by atoms with Crippen LogP contribution in [0.15, 0.2) is 48.6 Å². The minimum atomic E-state index is -0.845. The fourth-order valence-corrected chi connectivity index (χ4v) is 11.4. The molecule has 0 bridgehead atoms. The maximum atomic E-state index is 12.5. The Morgan fingerprint density at radius 1 is 0.341 bits per heavy atom. The summed E-state index contributed by atoms with van der Waals surface area (Å²) in [5.74, 6) is -0.0519. The van der Waals surface area contributed by atoms with Gasteiger partial charge in [-0.05, 0) is 89.9 Å². The van der Waals surface area contributed by atoms with Crippen LogP contribution in [0.25, 0.3) is 0 Å². The quantitative estimate of drug-likeness (QED) is 0.0320. The van der Waals surface area contributed by atoms with Crippen molar-refractivity contribution in [2.24, 2.45) is 0 Å². The number of rotatable bonds is 69. The average Bonchev–Trinajstić information content (AvgIpc) is 3.48. The van der Waals surface area contributed by atoms with Gasteiger partial charge in [0.25, 0.3) is 0 Å². The smallest absolute Gasteiger partial charge is 0.305 e. The molecule has 3 N–H and O–H groups in total. The van der Waals surface area contributed by atoms with Gasteiger partial charge in [0.05, 0.1) is 25.4 Å². The lowest BCUT2D eigenvalue weighted by Crippen LogP contribution is -2.45. The van der Waals surface area contributed by atoms with Crippen molar-refractivity contribution in [3.05, 3.63) is 48.6 Å². The van der Waals surface area contributed by atoms with Gasteiger partial charge in [-0.15, -0.1) is 0 Å². The molecule has 0 aromatic heterocycles. The van der Waals surface area contributed by atoms with E-state index in [1.165, 1.54) is 321 Å². The zero-order valence-electron chi connectivity index (χ0n) is 55.2. The first kappa shape index (κ1) is 79.8. The highest BCUT2D eigenvalue weighted by Crippen LogP contribution is 2.18. The summed E-state index contributed by atoms with van der Waals surface area (Å²) in [7, 11) is 0. The Labute approximate surface area is 512 Å². The standard InChI is InChI=1S/C76H143NO5/c1-3-5-7-9-11-13-15-17-19-21-33-38-42-46-50-54-58-62-66-70-76(81)82-71-67-63-59-55-51-47-43-39-35-32-30-28-26-24-22-23-25-27-29-31-34-37-41-45-49-53-57-61-65-69-75(80)77-73(72-78)74(79)68-64-60-56-52-48-44-40-36-20-18-16-14-12-10-8-6-4-2/h11,13,17,19,22,24,64,68,73-74,78-79H,3-10,12,14-16,18,20-21,23,25-63,65-67,69-72H2,1-2H3,(H,77,80)/b13-11-,19-17-,24-22-,68-64+. The van der Waals surface area contributed by atoms with E-state index >= 15 is 0 Å². The second-order valence-electron chi connectivity index (χ2n) is 25.3. The number of ether oxygens (including phenoxy) is 1. The van der Waals surface area contributed by atoms with Crippen molar-refractivity contribution < 1.29 is 24.5 Å². The third kappa shape index (κ3) is 67.0. The predicted octanol–water partition coefficient (Wildman–Crippen LogP) is 24.0. The van der Waals surface area contributed by atoms with Crippen LogP contribution < -0.4 is 5.32 Å². The molecule has 0 radical (unpaired) electrons. The molecular weight excluding hydrogens is 1010 g/mol. The summed E-state index contributed by atoms with van der Waals surface area (Å²) >= 11 is 0. The number of hydrogen-bond donors (Lipinski definition) is 3. The lowest BCUT2D eigenvalue weighted by molar-refractivity contribution is -0.143. The highest BCUT2D eigenvalue weighted by Gasteiger charge is 2.18. The molecule has 2 atom stereocenters. The van der Waals surface area contributed by atoms with Gasteiger partial charge in [0.15, 0.2) is 0 Å². The van der Waals surface area contributed by atoms with E-state index in [0.717, 1.165) is 51.4 Å². The zero-order chi connectivity index (χ0) is 59.2. The van der Waals surface area contributed by atoms with Gasteiger partial charge in [-0.3, -0.25) is 9.59 Å². The number of esters is 1. The Bertz CT molecular complexity index is 1370. The fourth-order valence-electron chi connectivity index (χ4n) is 11.4. The molecule has 0 saturated heterocycles. The number of allylic oxidation sites excluding steroid dienone is 7. The van der Waals surface area contributed by atoms with Crippen LogP contribution in [0, 0.1) is 0 Å². The first-order valence-electron chi connectivity index (χ1n) is 36.9. The Balaban J connectivity index is 3.38. The molecule has 6 heteroatoms. The van der Waals surface area contributed by atoms with E-state index in [2.05, 4.69) is 55.6 Å². The van der Waals surface area contributed by atoms with Crippen LogP contribution in [0.1, 0.15) is 399 Å². The van der Waals surface area contributed by atoms with Crippen LogP contribution >= 0.6 is 0 Å². The molecule has 0 heterocycles. The van der Waals surface area contributed by atoms with Crippen LogP contribution in [0.5, 0.6) is 0 Å². The first-order valence-corrected chi connectivity index (χ1v) is 36.9. The SMILES string of the molecule is CCCCC/C=C\C/C=C\CCCCCCCCCCCC(=O)OCCCCCCCCCCCCCC/C=C\CCCCCCCCCCCCCCCC(=O)NC(CO)C(O)/C=C/CCCCCCCCCCCCCCCCC. The highest BCUT2D eigenvalue weighted by atomic mass is 16.5. The molecule has 1 amide bonds. The van der Waals surface area contributed by atoms with E-state index in [1.807, 2.05) is 6.08 Å². The largest absolute Gasteiger partial charge is 0.466 e. The summed E-state index contributed by atoms with van der Waals surface area (Å²) in [6.45, 7) is 4.91. The van der Waals surface area contributed by atoms with Crippen molar-refractivity contribution >= 4 is 11.9 Å². The zero-order valence-corrected chi connectivity index (χ0v) is 55.2. The molecule has 0 aliphatic carbocycles. The van der Waals surface area contributed by atoms with Crippen LogP contribution in [-0.4, -0.2) is 47.4 Å². The predicted molar refractivity (Wildman–Crippen MR) is 361 cm³/mol. The third-order valence-corrected chi connectivity index (χ3v) is 17.1. The van der Waals surface area contributed by atoms with E-state index in [0.29, 0.717) is 19.4 Å². The number of amides is 1. The van der Waals surface area contributed by atoms with Crippen molar-refractivity contribution in [3.63, 3.8) is 0 Å². The summed E-state index contributed by atoms with van der Waals surface area (Å²) in [5.41, 5.74) is 0. The van der Waals surface area contributed by atoms with Gasteiger partial charge in [-0.2, -0.15) is 0 Å². The molecule has 82 heavy (non-hydrogen) atoms. The maximum absolute atomic E-state index is 12.5. The molecule has 0 rings (SSSR count). The highest BCUT2D eigenvalue weighted by molar-refractivity contribution is 5.76. The second-order valence-corrected chi connectivity index (χ2v) is 25.3. The van der Waals surface area contributed by atoms with Gasteiger partial charge in [-0.1, -0.05) is 345 Å².